The number of aryl methyl sites for hydroxylation is 2. The average Bonchev–Trinajstić information content (AvgIpc) is 2.37. The van der Waals surface area contributed by atoms with Crippen LogP contribution in [-0.4, -0.2) is 17.0 Å². The fourth-order valence-electron chi connectivity index (χ4n) is 1.62. The maximum absolute atomic E-state index is 5.78. The van der Waals surface area contributed by atoms with Crippen molar-refractivity contribution in [3.63, 3.8) is 0 Å². The summed E-state index contributed by atoms with van der Waals surface area (Å²) in [5.74, 6) is 1.34. The van der Waals surface area contributed by atoms with E-state index in [-0.39, 0.29) is 0 Å². The molecule has 0 radical (unpaired) electrons. The monoisotopic (exact) mass is 243 g/mol. The minimum absolute atomic E-state index is 0.529. The minimum Gasteiger partial charge on any atom is -0.437 e. The Bertz CT molecular complexity index is 540. The second-order valence-corrected chi connectivity index (χ2v) is 4.12. The first-order valence-electron chi connectivity index (χ1n) is 5.91. The summed E-state index contributed by atoms with van der Waals surface area (Å²) >= 11 is 0. The molecular formula is C14H17N3O. The molecule has 0 aliphatic carbocycles. The summed E-state index contributed by atoms with van der Waals surface area (Å²) in [5.41, 5.74) is 2.91. The van der Waals surface area contributed by atoms with Crippen LogP contribution in [0.15, 0.2) is 30.5 Å². The van der Waals surface area contributed by atoms with Gasteiger partial charge in [0.1, 0.15) is 5.75 Å². The molecule has 0 saturated heterocycles. The maximum Gasteiger partial charge on any atom is 0.238 e. The highest BCUT2D eigenvalue weighted by Gasteiger charge is 2.06. The minimum atomic E-state index is 0.529. The van der Waals surface area contributed by atoms with Crippen LogP contribution in [0.25, 0.3) is 0 Å². The van der Waals surface area contributed by atoms with Gasteiger partial charge in [0, 0.05) is 12.1 Å². The fourth-order valence-corrected chi connectivity index (χ4v) is 1.62. The molecule has 2 aromatic rings. The summed E-state index contributed by atoms with van der Waals surface area (Å²) in [6.45, 7) is 4.62. The van der Waals surface area contributed by atoms with Crippen LogP contribution in [0.1, 0.15) is 17.0 Å². The Morgan fingerprint density at radius 1 is 1.17 bits per heavy atom. The van der Waals surface area contributed by atoms with Gasteiger partial charge >= 0.3 is 0 Å². The van der Waals surface area contributed by atoms with Gasteiger partial charge in [-0.1, -0.05) is 18.2 Å². The molecule has 1 N–H and O–H groups in total. The van der Waals surface area contributed by atoms with Gasteiger partial charge in [-0.2, -0.15) is 0 Å². The molecule has 4 heteroatoms. The van der Waals surface area contributed by atoms with Crippen LogP contribution < -0.4 is 10.1 Å². The molecule has 1 heterocycles. The van der Waals surface area contributed by atoms with E-state index in [1.165, 1.54) is 0 Å². The molecule has 0 aliphatic rings. The predicted molar refractivity (Wildman–Crippen MR) is 70.8 cm³/mol. The molecule has 18 heavy (non-hydrogen) atoms. The number of ether oxygens (including phenoxy) is 1. The number of benzene rings is 1. The van der Waals surface area contributed by atoms with Gasteiger partial charge in [-0.15, -0.1) is 0 Å². The van der Waals surface area contributed by atoms with Gasteiger partial charge in [-0.05, 0) is 27.0 Å². The first kappa shape index (κ1) is 12.5. The molecular weight excluding hydrogens is 226 g/mol. The average molecular weight is 243 g/mol. The number of nitrogens with one attached hydrogen (secondary N) is 1. The second kappa shape index (κ2) is 5.60. The van der Waals surface area contributed by atoms with Gasteiger partial charge in [0.05, 0.1) is 17.6 Å². The maximum atomic E-state index is 5.78. The van der Waals surface area contributed by atoms with E-state index < -0.39 is 0 Å². The van der Waals surface area contributed by atoms with E-state index in [2.05, 4.69) is 15.3 Å². The first-order chi connectivity index (χ1) is 8.70. The topological polar surface area (TPSA) is 47.0 Å². The molecule has 94 valence electrons. The summed E-state index contributed by atoms with van der Waals surface area (Å²) in [6.07, 6.45) is 1.65. The molecule has 0 amide bonds. The molecule has 1 aromatic heterocycles. The Labute approximate surface area is 107 Å². The lowest BCUT2D eigenvalue weighted by Gasteiger charge is -2.10. The van der Waals surface area contributed by atoms with E-state index >= 15 is 0 Å². The van der Waals surface area contributed by atoms with Gasteiger partial charge in [0.25, 0.3) is 0 Å². The van der Waals surface area contributed by atoms with Crippen molar-refractivity contribution in [3.05, 3.63) is 47.4 Å². The van der Waals surface area contributed by atoms with E-state index in [1.54, 1.807) is 6.20 Å². The van der Waals surface area contributed by atoms with E-state index in [0.717, 1.165) is 29.2 Å². The second-order valence-electron chi connectivity index (χ2n) is 4.12. The number of para-hydroxylation sites is 1. The molecule has 0 unspecified atom stereocenters. The van der Waals surface area contributed by atoms with Gasteiger partial charge in [-0.3, -0.25) is 4.98 Å². The van der Waals surface area contributed by atoms with Crippen LogP contribution in [0.4, 0.5) is 0 Å². The van der Waals surface area contributed by atoms with Crippen molar-refractivity contribution in [1.82, 2.24) is 15.3 Å². The van der Waals surface area contributed by atoms with Crippen molar-refractivity contribution in [2.45, 2.75) is 20.4 Å². The molecule has 2 rings (SSSR count). The molecule has 0 bridgehead atoms. The number of hydrogen-bond donors (Lipinski definition) is 1. The molecule has 4 nitrogen and oxygen atoms in total. The van der Waals surface area contributed by atoms with Crippen molar-refractivity contribution in [3.8, 4) is 11.6 Å². The van der Waals surface area contributed by atoms with Crippen LogP contribution in [-0.2, 0) is 6.54 Å². The lowest BCUT2D eigenvalue weighted by atomic mass is 10.2. The summed E-state index contributed by atoms with van der Waals surface area (Å²) < 4.78 is 5.78. The van der Waals surface area contributed by atoms with Gasteiger partial charge in [0.15, 0.2) is 0 Å². The highest BCUT2D eigenvalue weighted by Crippen LogP contribution is 2.23. The fraction of sp³-hybridized carbons (Fsp3) is 0.286. The summed E-state index contributed by atoms with van der Waals surface area (Å²) in [6, 6.07) is 7.90. The Morgan fingerprint density at radius 3 is 2.67 bits per heavy atom. The SMILES string of the molecule is CNCc1ccccc1Oc1cnc(C)c(C)n1. The van der Waals surface area contributed by atoms with Crippen molar-refractivity contribution < 1.29 is 4.74 Å². The highest BCUT2D eigenvalue weighted by molar-refractivity contribution is 5.35. The highest BCUT2D eigenvalue weighted by atomic mass is 16.5. The Balaban J connectivity index is 2.25. The molecule has 0 atom stereocenters. The van der Waals surface area contributed by atoms with E-state index in [1.807, 2.05) is 45.2 Å². The Hall–Kier alpha value is -1.94. The lowest BCUT2D eigenvalue weighted by Crippen LogP contribution is -2.06. The van der Waals surface area contributed by atoms with Crippen LogP contribution in [0.2, 0.25) is 0 Å². The number of rotatable bonds is 4. The molecule has 0 aliphatic heterocycles. The van der Waals surface area contributed by atoms with E-state index in [4.69, 9.17) is 4.74 Å². The number of hydrogen-bond acceptors (Lipinski definition) is 4. The zero-order valence-corrected chi connectivity index (χ0v) is 10.9. The van der Waals surface area contributed by atoms with E-state index in [9.17, 15) is 0 Å². The van der Waals surface area contributed by atoms with Crippen molar-refractivity contribution in [2.75, 3.05) is 7.05 Å². The number of nitrogens with zero attached hydrogens (tertiary/aromatic N) is 2. The van der Waals surface area contributed by atoms with Gasteiger partial charge < -0.3 is 10.1 Å². The third-order valence-corrected chi connectivity index (χ3v) is 2.72. The zero-order valence-electron chi connectivity index (χ0n) is 10.9. The summed E-state index contributed by atoms with van der Waals surface area (Å²) in [7, 11) is 1.91. The van der Waals surface area contributed by atoms with Crippen LogP contribution in [0.3, 0.4) is 0 Å². The predicted octanol–water partition coefficient (Wildman–Crippen LogP) is 2.61. The Morgan fingerprint density at radius 2 is 1.94 bits per heavy atom. The lowest BCUT2D eigenvalue weighted by molar-refractivity contribution is 0.451. The van der Waals surface area contributed by atoms with Crippen molar-refractivity contribution in [2.24, 2.45) is 0 Å². The van der Waals surface area contributed by atoms with Gasteiger partial charge in [-0.25, -0.2) is 4.98 Å². The summed E-state index contributed by atoms with van der Waals surface area (Å²) in [5, 5.41) is 3.11. The third kappa shape index (κ3) is 2.84. The largest absolute Gasteiger partial charge is 0.437 e. The quantitative estimate of drug-likeness (QED) is 0.896. The normalized spacial score (nSPS) is 10.4. The van der Waals surface area contributed by atoms with Gasteiger partial charge in [0.2, 0.25) is 5.88 Å². The van der Waals surface area contributed by atoms with Crippen LogP contribution in [0, 0.1) is 13.8 Å². The third-order valence-electron chi connectivity index (χ3n) is 2.72. The smallest absolute Gasteiger partial charge is 0.238 e. The first-order valence-corrected chi connectivity index (χ1v) is 5.91. The van der Waals surface area contributed by atoms with Crippen LogP contribution >= 0.6 is 0 Å². The van der Waals surface area contributed by atoms with Crippen molar-refractivity contribution >= 4 is 0 Å². The Kier molecular flexibility index (Phi) is 3.89. The standard InChI is InChI=1S/C14H17N3O/c1-10-11(2)17-14(9-16-10)18-13-7-5-4-6-12(13)8-15-3/h4-7,9,15H,8H2,1-3H3. The van der Waals surface area contributed by atoms with Crippen LogP contribution in [0.5, 0.6) is 11.6 Å². The molecule has 0 fully saturated rings. The number of aromatic nitrogens is 2. The van der Waals surface area contributed by atoms with Crippen molar-refractivity contribution in [1.29, 1.82) is 0 Å². The zero-order chi connectivity index (χ0) is 13.0. The molecule has 0 spiro atoms. The molecule has 1 aromatic carbocycles. The van der Waals surface area contributed by atoms with E-state index in [0.29, 0.717) is 5.88 Å². The summed E-state index contributed by atoms with van der Waals surface area (Å²) in [4.78, 5) is 8.61. The molecule has 0 saturated carbocycles.